The fourth-order valence-corrected chi connectivity index (χ4v) is 3.08. The number of nitrogens with one attached hydrogen (secondary N) is 1. The number of aryl methyl sites for hydroxylation is 1. The molecule has 1 heterocycles. The van der Waals surface area contributed by atoms with Crippen molar-refractivity contribution in [3.63, 3.8) is 0 Å². The summed E-state index contributed by atoms with van der Waals surface area (Å²) in [5.74, 6) is 0.320. The molecule has 6 heteroatoms. The first-order valence-corrected chi connectivity index (χ1v) is 7.55. The van der Waals surface area contributed by atoms with Crippen LogP contribution in [0.15, 0.2) is 52.3 Å². The molecule has 1 amide bonds. The summed E-state index contributed by atoms with van der Waals surface area (Å²) in [5.41, 5.74) is 2.79. The Kier molecular flexibility index (Phi) is 3.77. The Labute approximate surface area is 132 Å². The first kappa shape index (κ1) is 14.5. The number of aromatic nitrogens is 2. The fraction of sp³-hybridized carbons (Fsp3) is 0.125. The number of imidazole rings is 1. The molecule has 0 fully saturated rings. The smallest absolute Gasteiger partial charge is 0.413 e. The van der Waals surface area contributed by atoms with E-state index in [2.05, 4.69) is 35.1 Å². The number of rotatable bonds is 3. The maximum absolute atomic E-state index is 11.0. The highest BCUT2D eigenvalue weighted by Crippen LogP contribution is 2.30. The predicted molar refractivity (Wildman–Crippen MR) is 87.8 cm³/mol. The third kappa shape index (κ3) is 2.92. The number of carbonyl (C=O) groups is 1. The second-order valence-electron chi connectivity index (χ2n) is 5.00. The molecule has 0 bridgehead atoms. The molecule has 3 aromatic rings. The Morgan fingerprint density at radius 3 is 2.73 bits per heavy atom. The van der Waals surface area contributed by atoms with E-state index in [1.165, 1.54) is 17.5 Å². The van der Waals surface area contributed by atoms with Gasteiger partial charge < -0.3 is 10.1 Å². The number of benzene rings is 2. The minimum absolute atomic E-state index is 0.320. The van der Waals surface area contributed by atoms with Crippen LogP contribution in [0.2, 0.25) is 0 Å². The van der Waals surface area contributed by atoms with Crippen LogP contribution in [-0.2, 0) is 0 Å². The van der Waals surface area contributed by atoms with E-state index >= 15 is 0 Å². The van der Waals surface area contributed by atoms with Crippen molar-refractivity contribution in [3.8, 4) is 0 Å². The summed E-state index contributed by atoms with van der Waals surface area (Å²) in [5, 5.41) is 9.00. The second kappa shape index (κ2) is 5.73. The number of hydrogen-bond donors (Lipinski definition) is 2. The van der Waals surface area contributed by atoms with Gasteiger partial charge in [-0.2, -0.15) is 0 Å². The Balaban J connectivity index is 1.91. The number of amides is 1. The maximum atomic E-state index is 11.0. The van der Waals surface area contributed by atoms with Crippen LogP contribution in [0.1, 0.15) is 5.56 Å². The van der Waals surface area contributed by atoms with Gasteiger partial charge in [0.05, 0.1) is 11.0 Å². The standard InChI is InChI=1S/C16H15N3O2S/c1-10-4-3-5-11(8-10)22-12-6-7-13-14(9-12)18-15(17-13)19(2)16(20)21/h3-9H,1-2H3,(H,17,18)(H,20,21). The van der Waals surface area contributed by atoms with E-state index in [0.717, 1.165) is 20.8 Å². The molecule has 0 saturated heterocycles. The number of carboxylic acid groups (broad SMARTS) is 1. The van der Waals surface area contributed by atoms with Crippen LogP contribution in [0.25, 0.3) is 11.0 Å². The lowest BCUT2D eigenvalue weighted by atomic mass is 10.2. The van der Waals surface area contributed by atoms with E-state index in [4.69, 9.17) is 5.11 Å². The number of hydrogen-bond acceptors (Lipinski definition) is 3. The molecular weight excluding hydrogens is 298 g/mol. The van der Waals surface area contributed by atoms with Gasteiger partial charge in [-0.25, -0.2) is 9.78 Å². The summed E-state index contributed by atoms with van der Waals surface area (Å²) in [6, 6.07) is 14.2. The van der Waals surface area contributed by atoms with Gasteiger partial charge in [0.2, 0.25) is 5.95 Å². The highest BCUT2D eigenvalue weighted by molar-refractivity contribution is 7.99. The van der Waals surface area contributed by atoms with Crippen molar-refractivity contribution in [1.29, 1.82) is 0 Å². The second-order valence-corrected chi connectivity index (χ2v) is 6.15. The van der Waals surface area contributed by atoms with Crippen molar-refractivity contribution in [2.45, 2.75) is 16.7 Å². The zero-order valence-electron chi connectivity index (χ0n) is 12.2. The largest absolute Gasteiger partial charge is 0.465 e. The van der Waals surface area contributed by atoms with Crippen molar-refractivity contribution >= 4 is 34.8 Å². The lowest BCUT2D eigenvalue weighted by molar-refractivity contribution is 0.203. The van der Waals surface area contributed by atoms with Gasteiger partial charge in [0.25, 0.3) is 0 Å². The minimum Gasteiger partial charge on any atom is -0.465 e. The number of aromatic amines is 1. The van der Waals surface area contributed by atoms with Gasteiger partial charge in [-0.1, -0.05) is 29.5 Å². The van der Waals surface area contributed by atoms with Gasteiger partial charge in [0.1, 0.15) is 0 Å². The molecule has 0 aliphatic heterocycles. The molecule has 2 aromatic carbocycles. The zero-order chi connectivity index (χ0) is 15.7. The fourth-order valence-electron chi connectivity index (χ4n) is 2.10. The van der Waals surface area contributed by atoms with Gasteiger partial charge in [-0.05, 0) is 37.3 Å². The molecule has 0 unspecified atom stereocenters. The van der Waals surface area contributed by atoms with Gasteiger partial charge in [0, 0.05) is 16.8 Å². The van der Waals surface area contributed by atoms with E-state index in [1.807, 2.05) is 24.3 Å². The molecule has 0 radical (unpaired) electrons. The molecule has 0 saturated carbocycles. The summed E-state index contributed by atoms with van der Waals surface area (Å²) in [6.45, 7) is 2.07. The van der Waals surface area contributed by atoms with Crippen LogP contribution < -0.4 is 4.90 Å². The van der Waals surface area contributed by atoms with Crippen molar-refractivity contribution in [2.24, 2.45) is 0 Å². The van der Waals surface area contributed by atoms with E-state index in [9.17, 15) is 4.79 Å². The molecule has 0 aliphatic carbocycles. The van der Waals surface area contributed by atoms with Crippen LogP contribution >= 0.6 is 11.8 Å². The molecule has 0 spiro atoms. The average Bonchev–Trinajstić information content (AvgIpc) is 2.89. The molecule has 0 atom stereocenters. The number of anilines is 1. The van der Waals surface area contributed by atoms with Crippen LogP contribution in [0, 0.1) is 6.92 Å². The lowest BCUT2D eigenvalue weighted by Crippen LogP contribution is -2.24. The summed E-state index contributed by atoms with van der Waals surface area (Å²) in [6.07, 6.45) is -1.05. The molecule has 112 valence electrons. The topological polar surface area (TPSA) is 69.2 Å². The van der Waals surface area contributed by atoms with Crippen molar-refractivity contribution in [1.82, 2.24) is 9.97 Å². The van der Waals surface area contributed by atoms with Gasteiger partial charge in [-0.3, -0.25) is 4.90 Å². The third-order valence-corrected chi connectivity index (χ3v) is 4.25. The quantitative estimate of drug-likeness (QED) is 0.762. The SMILES string of the molecule is Cc1cccc(Sc2ccc3nc(N(C)C(=O)O)[nH]c3c2)c1. The van der Waals surface area contributed by atoms with Crippen LogP contribution in [-0.4, -0.2) is 28.2 Å². The van der Waals surface area contributed by atoms with E-state index in [1.54, 1.807) is 11.8 Å². The summed E-state index contributed by atoms with van der Waals surface area (Å²) >= 11 is 1.66. The number of fused-ring (bicyclic) bond motifs is 1. The lowest BCUT2D eigenvalue weighted by Gasteiger charge is -2.07. The Morgan fingerprint density at radius 1 is 1.23 bits per heavy atom. The van der Waals surface area contributed by atoms with E-state index in [-0.39, 0.29) is 0 Å². The van der Waals surface area contributed by atoms with Crippen LogP contribution in [0.3, 0.4) is 0 Å². The predicted octanol–water partition coefficient (Wildman–Crippen LogP) is 4.14. The van der Waals surface area contributed by atoms with Gasteiger partial charge >= 0.3 is 6.09 Å². The number of H-pyrrole nitrogens is 1. The zero-order valence-corrected chi connectivity index (χ0v) is 13.0. The molecule has 3 rings (SSSR count). The normalized spacial score (nSPS) is 10.8. The molecule has 1 aromatic heterocycles. The molecule has 2 N–H and O–H groups in total. The molecule has 5 nitrogen and oxygen atoms in total. The van der Waals surface area contributed by atoms with Crippen LogP contribution in [0.4, 0.5) is 10.7 Å². The van der Waals surface area contributed by atoms with Crippen molar-refractivity contribution in [3.05, 3.63) is 48.0 Å². The third-order valence-electron chi connectivity index (χ3n) is 3.27. The summed E-state index contributed by atoms with van der Waals surface area (Å²) < 4.78 is 0. The Bertz CT molecular complexity index is 844. The first-order valence-electron chi connectivity index (χ1n) is 6.74. The Hall–Kier alpha value is -2.47. The molecular formula is C16H15N3O2S. The molecule has 0 aliphatic rings. The monoisotopic (exact) mass is 313 g/mol. The van der Waals surface area contributed by atoms with Crippen LogP contribution in [0.5, 0.6) is 0 Å². The highest BCUT2D eigenvalue weighted by atomic mass is 32.2. The van der Waals surface area contributed by atoms with Gasteiger partial charge in [0.15, 0.2) is 0 Å². The summed E-state index contributed by atoms with van der Waals surface area (Å²) in [4.78, 5) is 21.6. The van der Waals surface area contributed by atoms with E-state index in [0.29, 0.717) is 5.95 Å². The summed E-state index contributed by atoms with van der Waals surface area (Å²) in [7, 11) is 1.46. The highest BCUT2D eigenvalue weighted by Gasteiger charge is 2.13. The van der Waals surface area contributed by atoms with Crippen molar-refractivity contribution in [2.75, 3.05) is 11.9 Å². The first-order chi connectivity index (χ1) is 10.5. The Morgan fingerprint density at radius 2 is 2.00 bits per heavy atom. The number of nitrogens with zero attached hydrogens (tertiary/aromatic N) is 2. The molecule has 22 heavy (non-hydrogen) atoms. The minimum atomic E-state index is -1.05. The average molecular weight is 313 g/mol. The maximum Gasteiger partial charge on any atom is 0.413 e. The van der Waals surface area contributed by atoms with Gasteiger partial charge in [-0.15, -0.1) is 0 Å². The van der Waals surface area contributed by atoms with Crippen molar-refractivity contribution < 1.29 is 9.90 Å². The van der Waals surface area contributed by atoms with E-state index < -0.39 is 6.09 Å².